The molecule has 0 unspecified atom stereocenters. The molecule has 1 heterocycles. The number of aliphatic hydroxyl groups is 1. The summed E-state index contributed by atoms with van der Waals surface area (Å²) in [7, 11) is 0. The summed E-state index contributed by atoms with van der Waals surface area (Å²) in [6.45, 7) is 2.23. The number of aliphatic hydroxyl groups excluding tert-OH is 1. The van der Waals surface area contributed by atoms with Crippen LogP contribution >= 0.6 is 0 Å². The van der Waals surface area contributed by atoms with Crippen LogP contribution in [0.1, 0.15) is 43.0 Å². The van der Waals surface area contributed by atoms with E-state index in [0.29, 0.717) is 11.5 Å². The summed E-state index contributed by atoms with van der Waals surface area (Å²) in [6, 6.07) is 7.76. The van der Waals surface area contributed by atoms with Crippen LogP contribution in [-0.2, 0) is 0 Å². The molecule has 2 aromatic rings. The number of carbonyl (C=O) groups excluding carboxylic acids is 1. The third-order valence-electron chi connectivity index (χ3n) is 4.75. The third kappa shape index (κ3) is 2.68. The van der Waals surface area contributed by atoms with Gasteiger partial charge in [0.15, 0.2) is 0 Å². The lowest BCUT2D eigenvalue weighted by molar-refractivity contribution is 0.0718. The van der Waals surface area contributed by atoms with Crippen LogP contribution in [0.25, 0.3) is 10.9 Å². The quantitative estimate of drug-likeness (QED) is 0.812. The van der Waals surface area contributed by atoms with Gasteiger partial charge in [-0.05, 0) is 37.7 Å². The topological polar surface area (TPSA) is 65.1 Å². The molecule has 0 aliphatic heterocycles. The number of nitrogens with one attached hydrogen (secondary N) is 2. The van der Waals surface area contributed by atoms with Crippen LogP contribution in [0.2, 0.25) is 0 Å². The molecule has 1 aliphatic rings. The van der Waals surface area contributed by atoms with Gasteiger partial charge >= 0.3 is 0 Å². The van der Waals surface area contributed by atoms with Crippen LogP contribution in [0.3, 0.4) is 0 Å². The zero-order chi connectivity index (χ0) is 14.9. The van der Waals surface area contributed by atoms with E-state index >= 15 is 0 Å². The number of hydrogen-bond acceptors (Lipinski definition) is 2. The Morgan fingerprint density at radius 3 is 2.81 bits per heavy atom. The fourth-order valence-electron chi connectivity index (χ4n) is 3.20. The minimum Gasteiger partial charge on any atom is -0.394 e. The van der Waals surface area contributed by atoms with Crippen LogP contribution in [0.4, 0.5) is 0 Å². The van der Waals surface area contributed by atoms with Gasteiger partial charge in [-0.3, -0.25) is 4.79 Å². The lowest BCUT2D eigenvalue weighted by Crippen LogP contribution is -2.53. The summed E-state index contributed by atoms with van der Waals surface area (Å²) in [5.41, 5.74) is 1.15. The molecule has 112 valence electrons. The van der Waals surface area contributed by atoms with E-state index in [0.717, 1.165) is 36.6 Å². The van der Waals surface area contributed by atoms with Gasteiger partial charge in [-0.25, -0.2) is 0 Å². The predicted molar refractivity (Wildman–Crippen MR) is 83.2 cm³/mol. The van der Waals surface area contributed by atoms with Crippen molar-refractivity contribution in [3.8, 4) is 0 Å². The molecule has 0 spiro atoms. The van der Waals surface area contributed by atoms with Gasteiger partial charge in [0.1, 0.15) is 0 Å². The zero-order valence-corrected chi connectivity index (χ0v) is 12.4. The number of rotatable bonds is 3. The van der Waals surface area contributed by atoms with Gasteiger partial charge in [-0.15, -0.1) is 0 Å². The Labute approximate surface area is 124 Å². The van der Waals surface area contributed by atoms with Crippen molar-refractivity contribution in [2.75, 3.05) is 6.61 Å². The van der Waals surface area contributed by atoms with Crippen molar-refractivity contribution in [3.63, 3.8) is 0 Å². The second kappa shape index (κ2) is 5.53. The Bertz CT molecular complexity index is 639. The molecule has 0 atom stereocenters. The number of amides is 1. The molecule has 1 aromatic carbocycles. The monoisotopic (exact) mass is 286 g/mol. The molecule has 1 amide bonds. The van der Waals surface area contributed by atoms with E-state index in [9.17, 15) is 9.90 Å². The first kappa shape index (κ1) is 14.1. The molecule has 4 nitrogen and oxygen atoms in total. The van der Waals surface area contributed by atoms with Crippen LogP contribution in [0.5, 0.6) is 0 Å². The van der Waals surface area contributed by atoms with Crippen LogP contribution in [0, 0.1) is 5.92 Å². The molecular weight excluding hydrogens is 264 g/mol. The Morgan fingerprint density at radius 2 is 2.10 bits per heavy atom. The Balaban J connectivity index is 1.82. The summed E-state index contributed by atoms with van der Waals surface area (Å²) >= 11 is 0. The van der Waals surface area contributed by atoms with Gasteiger partial charge in [0, 0.05) is 17.1 Å². The number of H-pyrrole nitrogens is 1. The van der Waals surface area contributed by atoms with Crippen LogP contribution < -0.4 is 5.32 Å². The highest BCUT2D eigenvalue weighted by molar-refractivity contribution is 6.06. The third-order valence-corrected chi connectivity index (χ3v) is 4.75. The standard InChI is InChI=1S/C17H22N2O2/c1-12-6-8-17(11-20,9-7-12)19-16(21)14-10-18-15-5-3-2-4-13(14)15/h2-5,10,12,18,20H,6-9,11H2,1H3,(H,19,21). The number of carbonyl (C=O) groups is 1. The first-order chi connectivity index (χ1) is 10.1. The van der Waals surface area contributed by atoms with Crippen molar-refractivity contribution in [1.29, 1.82) is 0 Å². The Hall–Kier alpha value is -1.81. The molecular formula is C17H22N2O2. The highest BCUT2D eigenvalue weighted by Gasteiger charge is 2.35. The average molecular weight is 286 g/mol. The van der Waals surface area contributed by atoms with E-state index in [4.69, 9.17) is 0 Å². The second-order valence-corrected chi connectivity index (χ2v) is 6.32. The first-order valence-electron chi connectivity index (χ1n) is 7.63. The molecule has 0 bridgehead atoms. The summed E-state index contributed by atoms with van der Waals surface area (Å²) in [6.07, 6.45) is 5.54. The normalized spacial score (nSPS) is 25.9. The molecule has 1 saturated carbocycles. The van der Waals surface area contributed by atoms with Crippen molar-refractivity contribution >= 4 is 16.8 Å². The predicted octanol–water partition coefficient (Wildman–Crippen LogP) is 2.84. The number of fused-ring (bicyclic) bond motifs is 1. The van der Waals surface area contributed by atoms with Crippen molar-refractivity contribution in [2.24, 2.45) is 5.92 Å². The summed E-state index contributed by atoms with van der Waals surface area (Å²) < 4.78 is 0. The Morgan fingerprint density at radius 1 is 1.38 bits per heavy atom. The average Bonchev–Trinajstić information content (AvgIpc) is 2.94. The summed E-state index contributed by atoms with van der Waals surface area (Å²) in [5.74, 6) is 0.575. The SMILES string of the molecule is CC1CCC(CO)(NC(=O)c2c[nH]c3ccccc23)CC1. The van der Waals surface area contributed by atoms with Crippen molar-refractivity contribution in [3.05, 3.63) is 36.0 Å². The summed E-state index contributed by atoms with van der Waals surface area (Å²) in [4.78, 5) is 15.7. The van der Waals surface area contributed by atoms with Gasteiger partial charge in [-0.1, -0.05) is 25.1 Å². The van der Waals surface area contributed by atoms with Crippen molar-refractivity contribution in [2.45, 2.75) is 38.1 Å². The van der Waals surface area contributed by atoms with Gasteiger partial charge < -0.3 is 15.4 Å². The van der Waals surface area contributed by atoms with Crippen LogP contribution in [0.15, 0.2) is 30.5 Å². The molecule has 3 N–H and O–H groups in total. The minimum absolute atomic E-state index is 0.00775. The number of para-hydroxylation sites is 1. The van der Waals surface area contributed by atoms with Crippen molar-refractivity contribution in [1.82, 2.24) is 10.3 Å². The maximum absolute atomic E-state index is 12.6. The lowest BCUT2D eigenvalue weighted by Gasteiger charge is -2.38. The van der Waals surface area contributed by atoms with Gasteiger partial charge in [-0.2, -0.15) is 0 Å². The number of hydrogen-bond donors (Lipinski definition) is 3. The summed E-state index contributed by atoms with van der Waals surface area (Å²) in [5, 5.41) is 13.8. The van der Waals surface area contributed by atoms with E-state index in [-0.39, 0.29) is 12.5 Å². The fourth-order valence-corrected chi connectivity index (χ4v) is 3.20. The van der Waals surface area contributed by atoms with E-state index in [1.165, 1.54) is 0 Å². The molecule has 21 heavy (non-hydrogen) atoms. The second-order valence-electron chi connectivity index (χ2n) is 6.32. The van der Waals surface area contributed by atoms with E-state index < -0.39 is 5.54 Å². The van der Waals surface area contributed by atoms with Crippen molar-refractivity contribution < 1.29 is 9.90 Å². The molecule has 0 radical (unpaired) electrons. The smallest absolute Gasteiger partial charge is 0.253 e. The molecule has 4 heteroatoms. The van der Waals surface area contributed by atoms with Crippen LogP contribution in [-0.4, -0.2) is 28.1 Å². The molecule has 1 aliphatic carbocycles. The van der Waals surface area contributed by atoms with E-state index in [1.54, 1.807) is 6.20 Å². The number of aromatic nitrogens is 1. The highest BCUT2D eigenvalue weighted by atomic mass is 16.3. The zero-order valence-electron chi connectivity index (χ0n) is 12.4. The number of benzene rings is 1. The maximum atomic E-state index is 12.6. The van der Waals surface area contributed by atoms with Gasteiger partial charge in [0.2, 0.25) is 0 Å². The molecule has 1 fully saturated rings. The first-order valence-corrected chi connectivity index (χ1v) is 7.63. The number of aromatic amines is 1. The molecule has 0 saturated heterocycles. The molecule has 1 aromatic heterocycles. The maximum Gasteiger partial charge on any atom is 0.253 e. The van der Waals surface area contributed by atoms with Gasteiger partial charge in [0.25, 0.3) is 5.91 Å². The minimum atomic E-state index is -0.456. The molecule has 3 rings (SSSR count). The van der Waals surface area contributed by atoms with Gasteiger partial charge in [0.05, 0.1) is 17.7 Å². The van der Waals surface area contributed by atoms with E-state index in [2.05, 4.69) is 17.2 Å². The largest absolute Gasteiger partial charge is 0.394 e. The fraction of sp³-hybridized carbons (Fsp3) is 0.471. The lowest BCUT2D eigenvalue weighted by atomic mass is 9.77. The highest BCUT2D eigenvalue weighted by Crippen LogP contribution is 2.32. The Kier molecular flexibility index (Phi) is 3.72. The van der Waals surface area contributed by atoms with E-state index in [1.807, 2.05) is 24.3 Å².